The summed E-state index contributed by atoms with van der Waals surface area (Å²) in [5.74, 6) is -1.38. The van der Waals surface area contributed by atoms with E-state index in [9.17, 15) is 22.4 Å². The van der Waals surface area contributed by atoms with Crippen LogP contribution in [0.4, 0.5) is 10.1 Å². The standard InChI is InChI=1S/C29H32Cl2FN3O4S/c1-3-33-29(37)27(18-21-10-5-4-6-11-21)34(20-22-15-16-23(30)19-24(22)31)28(36)14-9-17-35(40(2,38)39)26-13-8-7-12-25(26)32/h4-8,10-13,15-16,19,27H,3,9,14,17-18,20H2,1-2H3,(H,33,37)/t27-/m1/s1. The number of benzene rings is 3. The number of hydrogen-bond donors (Lipinski definition) is 1. The summed E-state index contributed by atoms with van der Waals surface area (Å²) in [6.45, 7) is 2.08. The summed E-state index contributed by atoms with van der Waals surface area (Å²) in [6, 6.07) is 19.0. The molecule has 7 nitrogen and oxygen atoms in total. The summed E-state index contributed by atoms with van der Waals surface area (Å²) in [5, 5.41) is 3.60. The van der Waals surface area contributed by atoms with Gasteiger partial charge < -0.3 is 10.2 Å². The largest absolute Gasteiger partial charge is 0.355 e. The van der Waals surface area contributed by atoms with Crippen LogP contribution in [-0.2, 0) is 32.6 Å². The van der Waals surface area contributed by atoms with Crippen molar-refractivity contribution in [1.82, 2.24) is 10.2 Å². The van der Waals surface area contributed by atoms with Crippen LogP contribution in [0.1, 0.15) is 30.9 Å². The molecule has 0 unspecified atom stereocenters. The lowest BCUT2D eigenvalue weighted by molar-refractivity contribution is -0.141. The molecule has 0 aliphatic rings. The average molecular weight is 609 g/mol. The zero-order chi connectivity index (χ0) is 29.3. The summed E-state index contributed by atoms with van der Waals surface area (Å²) in [4.78, 5) is 28.5. The van der Waals surface area contributed by atoms with Crippen molar-refractivity contribution < 1.29 is 22.4 Å². The minimum absolute atomic E-state index is 0.0343. The van der Waals surface area contributed by atoms with Gasteiger partial charge in [0.15, 0.2) is 0 Å². The third-order valence-corrected chi connectivity index (χ3v) is 8.02. The molecule has 0 aliphatic heterocycles. The van der Waals surface area contributed by atoms with Gasteiger partial charge in [0.1, 0.15) is 11.9 Å². The number of nitrogens with one attached hydrogen (secondary N) is 1. The van der Waals surface area contributed by atoms with Gasteiger partial charge in [-0.3, -0.25) is 13.9 Å². The second-order valence-corrected chi connectivity index (χ2v) is 12.0. The normalized spacial score (nSPS) is 12.0. The van der Waals surface area contributed by atoms with Crippen molar-refractivity contribution in [2.75, 3.05) is 23.7 Å². The van der Waals surface area contributed by atoms with Crippen LogP contribution in [0, 0.1) is 5.82 Å². The minimum Gasteiger partial charge on any atom is -0.355 e. The number of anilines is 1. The fourth-order valence-corrected chi connectivity index (χ4v) is 5.75. The first-order chi connectivity index (χ1) is 19.0. The molecule has 0 aliphatic carbocycles. The monoisotopic (exact) mass is 607 g/mol. The van der Waals surface area contributed by atoms with Crippen LogP contribution in [0.2, 0.25) is 10.0 Å². The Morgan fingerprint density at radius 2 is 1.68 bits per heavy atom. The van der Waals surface area contributed by atoms with Crippen LogP contribution < -0.4 is 9.62 Å². The van der Waals surface area contributed by atoms with E-state index in [0.717, 1.165) is 16.1 Å². The molecule has 214 valence electrons. The molecule has 0 spiro atoms. The van der Waals surface area contributed by atoms with Gasteiger partial charge in [-0.1, -0.05) is 71.7 Å². The Bertz CT molecular complexity index is 1420. The Morgan fingerprint density at radius 1 is 1.00 bits per heavy atom. The molecule has 40 heavy (non-hydrogen) atoms. The highest BCUT2D eigenvalue weighted by Gasteiger charge is 2.31. The lowest BCUT2D eigenvalue weighted by Gasteiger charge is -2.32. The van der Waals surface area contributed by atoms with Gasteiger partial charge in [0.25, 0.3) is 0 Å². The average Bonchev–Trinajstić information content (AvgIpc) is 2.90. The smallest absolute Gasteiger partial charge is 0.243 e. The Hall–Kier alpha value is -3.14. The van der Waals surface area contributed by atoms with Crippen molar-refractivity contribution in [3.63, 3.8) is 0 Å². The molecule has 0 heterocycles. The van der Waals surface area contributed by atoms with E-state index in [0.29, 0.717) is 22.2 Å². The highest BCUT2D eigenvalue weighted by atomic mass is 35.5. The van der Waals surface area contributed by atoms with Gasteiger partial charge in [0, 0.05) is 42.5 Å². The van der Waals surface area contributed by atoms with E-state index < -0.39 is 21.9 Å². The first kappa shape index (κ1) is 31.4. The van der Waals surface area contributed by atoms with Crippen LogP contribution >= 0.6 is 23.2 Å². The van der Waals surface area contributed by atoms with Gasteiger partial charge in [-0.05, 0) is 48.7 Å². The molecule has 3 aromatic carbocycles. The maximum absolute atomic E-state index is 14.4. The summed E-state index contributed by atoms with van der Waals surface area (Å²) in [5.41, 5.74) is 1.37. The van der Waals surface area contributed by atoms with Crippen LogP contribution in [0.3, 0.4) is 0 Å². The van der Waals surface area contributed by atoms with Gasteiger partial charge in [-0.15, -0.1) is 0 Å². The minimum atomic E-state index is -3.82. The second kappa shape index (κ2) is 14.5. The number of sulfonamides is 1. The molecule has 0 saturated heterocycles. The van der Waals surface area contributed by atoms with Gasteiger partial charge in [0.2, 0.25) is 21.8 Å². The summed E-state index contributed by atoms with van der Waals surface area (Å²) in [7, 11) is -3.82. The Morgan fingerprint density at radius 3 is 2.30 bits per heavy atom. The Balaban J connectivity index is 1.90. The predicted octanol–water partition coefficient (Wildman–Crippen LogP) is 5.45. The van der Waals surface area contributed by atoms with Crippen molar-refractivity contribution in [2.45, 2.75) is 38.8 Å². The molecule has 0 saturated carbocycles. The Kier molecular flexibility index (Phi) is 11.4. The fourth-order valence-electron chi connectivity index (χ4n) is 4.32. The molecule has 1 atom stereocenters. The quantitative estimate of drug-likeness (QED) is 0.280. The maximum Gasteiger partial charge on any atom is 0.243 e. The van der Waals surface area contributed by atoms with Gasteiger partial charge in [0.05, 0.1) is 11.9 Å². The number of para-hydroxylation sites is 1. The van der Waals surface area contributed by atoms with Gasteiger partial charge in [-0.2, -0.15) is 0 Å². The molecular formula is C29H32Cl2FN3O4S. The first-order valence-corrected chi connectivity index (χ1v) is 15.4. The van der Waals surface area contributed by atoms with Crippen LogP contribution in [0.25, 0.3) is 0 Å². The van der Waals surface area contributed by atoms with E-state index in [2.05, 4.69) is 5.32 Å². The van der Waals surface area contributed by atoms with Gasteiger partial charge in [-0.25, -0.2) is 12.8 Å². The second-order valence-electron chi connectivity index (χ2n) is 9.25. The number of halogens is 3. The van der Waals surface area contributed by atoms with Crippen molar-refractivity contribution in [2.24, 2.45) is 0 Å². The highest BCUT2D eigenvalue weighted by molar-refractivity contribution is 7.92. The first-order valence-electron chi connectivity index (χ1n) is 12.8. The number of rotatable bonds is 13. The number of nitrogens with zero attached hydrogens (tertiary/aromatic N) is 2. The van der Waals surface area contributed by atoms with Gasteiger partial charge >= 0.3 is 0 Å². The number of hydrogen-bond acceptors (Lipinski definition) is 4. The third-order valence-electron chi connectivity index (χ3n) is 6.25. The number of carbonyl (C=O) groups is 2. The zero-order valence-corrected chi connectivity index (χ0v) is 24.6. The summed E-state index contributed by atoms with van der Waals surface area (Å²) in [6.07, 6.45) is 1.25. The lowest BCUT2D eigenvalue weighted by atomic mass is 10.0. The molecular weight excluding hydrogens is 576 g/mol. The molecule has 3 aromatic rings. The molecule has 3 rings (SSSR count). The van der Waals surface area contributed by atoms with E-state index in [1.807, 2.05) is 30.3 Å². The fraction of sp³-hybridized carbons (Fsp3) is 0.310. The number of amides is 2. The van der Waals surface area contributed by atoms with E-state index in [1.165, 1.54) is 23.1 Å². The third kappa shape index (κ3) is 8.68. The molecule has 0 aromatic heterocycles. The van der Waals surface area contributed by atoms with E-state index in [1.54, 1.807) is 31.2 Å². The molecule has 0 fully saturated rings. The molecule has 11 heteroatoms. The van der Waals surface area contributed by atoms with Crippen molar-refractivity contribution in [3.05, 3.63) is 99.8 Å². The highest BCUT2D eigenvalue weighted by Crippen LogP contribution is 2.26. The van der Waals surface area contributed by atoms with Crippen LogP contribution in [-0.4, -0.2) is 50.5 Å². The van der Waals surface area contributed by atoms with Crippen LogP contribution in [0.15, 0.2) is 72.8 Å². The SMILES string of the molecule is CCNC(=O)[C@@H](Cc1ccccc1)N(Cc1ccc(Cl)cc1Cl)C(=O)CCCN(c1ccccc1F)S(C)(=O)=O. The van der Waals surface area contributed by atoms with Crippen molar-refractivity contribution in [3.8, 4) is 0 Å². The van der Waals surface area contributed by atoms with E-state index >= 15 is 0 Å². The Labute approximate surface area is 244 Å². The van der Waals surface area contributed by atoms with Crippen LogP contribution in [0.5, 0.6) is 0 Å². The predicted molar refractivity (Wildman–Crippen MR) is 157 cm³/mol. The molecule has 1 N–H and O–H groups in total. The van der Waals surface area contributed by atoms with Crippen molar-refractivity contribution >= 4 is 50.7 Å². The lowest BCUT2D eigenvalue weighted by Crippen LogP contribution is -2.50. The molecule has 0 bridgehead atoms. The summed E-state index contributed by atoms with van der Waals surface area (Å²) >= 11 is 12.5. The zero-order valence-electron chi connectivity index (χ0n) is 22.3. The summed E-state index contributed by atoms with van der Waals surface area (Å²) < 4.78 is 40.3. The van der Waals surface area contributed by atoms with E-state index in [4.69, 9.17) is 23.2 Å². The maximum atomic E-state index is 14.4. The number of carbonyl (C=O) groups excluding carboxylic acids is 2. The van der Waals surface area contributed by atoms with Crippen molar-refractivity contribution in [1.29, 1.82) is 0 Å². The number of likely N-dealkylation sites (N-methyl/N-ethyl adjacent to an activating group) is 1. The van der Waals surface area contributed by atoms with E-state index in [-0.39, 0.29) is 49.9 Å². The molecule has 0 radical (unpaired) electrons. The topological polar surface area (TPSA) is 86.8 Å². The molecule has 2 amide bonds.